The van der Waals surface area contributed by atoms with Gasteiger partial charge in [-0.05, 0) is 25.6 Å². The van der Waals surface area contributed by atoms with Crippen molar-refractivity contribution in [2.45, 2.75) is 38.1 Å². The topological polar surface area (TPSA) is 90.5 Å². The quantitative estimate of drug-likeness (QED) is 0.177. The first-order chi connectivity index (χ1) is 11.5. The summed E-state index contributed by atoms with van der Waals surface area (Å²) in [5.41, 5.74) is 0. The molecule has 0 aromatic heterocycles. The highest BCUT2D eigenvalue weighted by Gasteiger charge is 2.28. The number of carbonyl (C=O) groups excluding carboxylic acids is 3. The SMILES string of the molecule is C=[SH]NC(=O)C[C@@H](C(=O)NCCNC)N(C)C(=O)CCCCCS. The zero-order chi connectivity index (χ0) is 18.4. The van der Waals surface area contributed by atoms with Gasteiger partial charge in [-0.15, -0.1) is 11.5 Å². The Morgan fingerprint density at radius 1 is 1.21 bits per heavy atom. The fraction of sp³-hybridized carbons (Fsp3) is 0.733. The van der Waals surface area contributed by atoms with E-state index in [0.717, 1.165) is 25.0 Å². The second kappa shape index (κ2) is 14.3. The van der Waals surface area contributed by atoms with Crippen LogP contribution in [0.15, 0.2) is 0 Å². The summed E-state index contributed by atoms with van der Waals surface area (Å²) in [4.78, 5) is 37.8. The third kappa shape index (κ3) is 9.94. The number of nitrogens with one attached hydrogen (secondary N) is 3. The molecule has 0 aliphatic carbocycles. The molecule has 0 heterocycles. The molecular formula is C15H30N4O3S2. The van der Waals surface area contributed by atoms with Gasteiger partial charge in [0.1, 0.15) is 6.04 Å². The molecule has 7 nitrogen and oxygen atoms in total. The van der Waals surface area contributed by atoms with Crippen molar-refractivity contribution in [3.63, 3.8) is 0 Å². The normalized spacial score (nSPS) is 11.6. The number of thiol groups is 2. The molecule has 24 heavy (non-hydrogen) atoms. The molecule has 0 fully saturated rings. The maximum atomic E-state index is 12.3. The van der Waals surface area contributed by atoms with E-state index >= 15 is 0 Å². The minimum absolute atomic E-state index is 0.0766. The largest absolute Gasteiger partial charge is 0.353 e. The molecule has 0 aliphatic rings. The summed E-state index contributed by atoms with van der Waals surface area (Å²) in [5.74, 6) is 3.54. The third-order valence-electron chi connectivity index (χ3n) is 3.47. The summed E-state index contributed by atoms with van der Waals surface area (Å²) in [5, 5.41) is 5.66. The second-order valence-electron chi connectivity index (χ2n) is 5.35. The van der Waals surface area contributed by atoms with E-state index in [-0.39, 0.29) is 24.1 Å². The molecule has 3 amide bonds. The van der Waals surface area contributed by atoms with Gasteiger partial charge in [-0.2, -0.15) is 12.6 Å². The molecule has 0 saturated heterocycles. The molecule has 3 N–H and O–H groups in total. The van der Waals surface area contributed by atoms with Crippen molar-refractivity contribution in [3.8, 4) is 0 Å². The van der Waals surface area contributed by atoms with Gasteiger partial charge in [0, 0.05) is 26.6 Å². The Hall–Kier alpha value is -1.06. The van der Waals surface area contributed by atoms with Crippen LogP contribution in [0.1, 0.15) is 32.1 Å². The minimum atomic E-state index is -0.819. The molecule has 0 saturated carbocycles. The van der Waals surface area contributed by atoms with Gasteiger partial charge < -0.3 is 20.3 Å². The number of likely N-dealkylation sites (N-methyl/N-ethyl adjacent to an activating group) is 2. The van der Waals surface area contributed by atoms with Crippen molar-refractivity contribution >= 4 is 47.8 Å². The third-order valence-corrected chi connectivity index (χ3v) is 4.19. The highest BCUT2D eigenvalue weighted by atomic mass is 32.1. The average Bonchev–Trinajstić information content (AvgIpc) is 2.56. The monoisotopic (exact) mass is 378 g/mol. The highest BCUT2D eigenvalue weighted by Crippen LogP contribution is 2.09. The van der Waals surface area contributed by atoms with Crippen molar-refractivity contribution in [1.29, 1.82) is 0 Å². The van der Waals surface area contributed by atoms with Crippen LogP contribution in [0, 0.1) is 0 Å². The molecule has 140 valence electrons. The molecule has 0 aromatic carbocycles. The lowest BCUT2D eigenvalue weighted by atomic mass is 10.1. The van der Waals surface area contributed by atoms with Gasteiger partial charge in [-0.25, -0.2) is 0 Å². The van der Waals surface area contributed by atoms with Gasteiger partial charge >= 0.3 is 0 Å². The number of nitrogens with zero attached hydrogens (tertiary/aromatic N) is 1. The first-order valence-corrected chi connectivity index (χ1v) is 9.72. The van der Waals surface area contributed by atoms with E-state index in [0.29, 0.717) is 31.0 Å². The molecule has 0 rings (SSSR count). The maximum absolute atomic E-state index is 12.3. The van der Waals surface area contributed by atoms with E-state index in [9.17, 15) is 14.4 Å². The first kappa shape index (κ1) is 22.9. The van der Waals surface area contributed by atoms with Crippen LogP contribution < -0.4 is 15.4 Å². The van der Waals surface area contributed by atoms with E-state index in [2.05, 4.69) is 33.9 Å². The van der Waals surface area contributed by atoms with E-state index in [1.54, 1.807) is 14.1 Å². The Balaban J connectivity index is 4.74. The number of rotatable bonds is 13. The molecule has 1 atom stereocenters. The van der Waals surface area contributed by atoms with Crippen LogP contribution in [-0.4, -0.2) is 67.5 Å². The van der Waals surface area contributed by atoms with E-state index in [4.69, 9.17) is 0 Å². The number of hydrogen-bond acceptors (Lipinski definition) is 5. The molecule has 0 aromatic rings. The molecule has 0 bridgehead atoms. The van der Waals surface area contributed by atoms with Crippen molar-refractivity contribution in [2.24, 2.45) is 0 Å². The standard InChI is InChI=1S/C15H30N4O3S2/c1-16-8-9-17-15(22)12(11-13(20)18-24-3)19(2)14(21)7-5-4-6-10-23/h12,16,23-24H,3-11H2,1-2H3,(H,17,22)(H,18,20)/t12-/m0/s1. The molecule has 0 aliphatic heterocycles. The van der Waals surface area contributed by atoms with E-state index in [1.807, 2.05) is 0 Å². The summed E-state index contributed by atoms with van der Waals surface area (Å²) in [6.07, 6.45) is 2.91. The summed E-state index contributed by atoms with van der Waals surface area (Å²) >= 11 is 4.61. The lowest BCUT2D eigenvalue weighted by Crippen LogP contribution is -2.50. The van der Waals surface area contributed by atoms with Crippen molar-refractivity contribution in [1.82, 2.24) is 20.3 Å². The smallest absolute Gasteiger partial charge is 0.243 e. The zero-order valence-corrected chi connectivity index (χ0v) is 16.3. The first-order valence-electron chi connectivity index (χ1n) is 8.01. The van der Waals surface area contributed by atoms with Crippen LogP contribution in [-0.2, 0) is 14.4 Å². The summed E-state index contributed by atoms with van der Waals surface area (Å²) < 4.78 is 2.54. The van der Waals surface area contributed by atoms with E-state index in [1.165, 1.54) is 4.90 Å². The number of carbonyl (C=O) groups is 3. The zero-order valence-electron chi connectivity index (χ0n) is 14.5. The van der Waals surface area contributed by atoms with Gasteiger partial charge in [0.25, 0.3) is 0 Å². The summed E-state index contributed by atoms with van der Waals surface area (Å²) in [6, 6.07) is -0.819. The van der Waals surface area contributed by atoms with Crippen molar-refractivity contribution in [3.05, 3.63) is 0 Å². The fourth-order valence-electron chi connectivity index (χ4n) is 2.06. The summed E-state index contributed by atoms with van der Waals surface area (Å²) in [6.45, 7) is 1.05. The van der Waals surface area contributed by atoms with Crippen molar-refractivity contribution < 1.29 is 14.4 Å². The number of amides is 3. The predicted molar refractivity (Wildman–Crippen MR) is 105 cm³/mol. The average molecular weight is 379 g/mol. The van der Waals surface area contributed by atoms with Crippen LogP contribution in [0.4, 0.5) is 0 Å². The molecule has 0 unspecified atom stereocenters. The van der Waals surface area contributed by atoms with Gasteiger partial charge in [0.15, 0.2) is 0 Å². The summed E-state index contributed by atoms with van der Waals surface area (Å²) in [7, 11) is 3.35. The lowest BCUT2D eigenvalue weighted by Gasteiger charge is -2.27. The van der Waals surface area contributed by atoms with Gasteiger partial charge in [-0.1, -0.05) is 12.3 Å². The van der Waals surface area contributed by atoms with Crippen molar-refractivity contribution in [2.75, 3.05) is 32.9 Å². The molecular weight excluding hydrogens is 348 g/mol. The van der Waals surface area contributed by atoms with E-state index < -0.39 is 6.04 Å². The maximum Gasteiger partial charge on any atom is 0.243 e. The predicted octanol–water partition coefficient (Wildman–Crippen LogP) is -0.0420. The number of unbranched alkanes of at least 4 members (excludes halogenated alkanes) is 2. The van der Waals surface area contributed by atoms with Crippen LogP contribution >= 0.6 is 24.2 Å². The Morgan fingerprint density at radius 3 is 2.50 bits per heavy atom. The second-order valence-corrected chi connectivity index (χ2v) is 6.33. The van der Waals surface area contributed by atoms with Gasteiger partial charge in [0.2, 0.25) is 17.7 Å². The molecule has 0 spiro atoms. The minimum Gasteiger partial charge on any atom is -0.353 e. The van der Waals surface area contributed by atoms with Gasteiger partial charge in [-0.3, -0.25) is 14.4 Å². The Morgan fingerprint density at radius 2 is 1.92 bits per heavy atom. The van der Waals surface area contributed by atoms with Crippen LogP contribution in [0.5, 0.6) is 0 Å². The van der Waals surface area contributed by atoms with Crippen LogP contribution in [0.2, 0.25) is 0 Å². The fourth-order valence-corrected chi connectivity index (χ4v) is 2.55. The van der Waals surface area contributed by atoms with Crippen LogP contribution in [0.25, 0.3) is 0 Å². The lowest BCUT2D eigenvalue weighted by molar-refractivity contribution is -0.140. The van der Waals surface area contributed by atoms with Gasteiger partial charge in [0.05, 0.1) is 6.42 Å². The Bertz CT molecular complexity index is 422. The van der Waals surface area contributed by atoms with Crippen LogP contribution in [0.3, 0.4) is 0 Å². The highest BCUT2D eigenvalue weighted by molar-refractivity contribution is 7.95. The molecule has 9 heteroatoms. The number of hydrogen-bond donors (Lipinski definition) is 5. The Labute approximate surface area is 153 Å². The Kier molecular flexibility index (Phi) is 13.7. The molecule has 0 radical (unpaired) electrons.